The van der Waals surface area contributed by atoms with Gasteiger partial charge in [0.25, 0.3) is 5.56 Å². The first kappa shape index (κ1) is 17.8. The van der Waals surface area contributed by atoms with Gasteiger partial charge in [-0.15, -0.1) is 0 Å². The van der Waals surface area contributed by atoms with Crippen LogP contribution in [0.2, 0.25) is 0 Å². The van der Waals surface area contributed by atoms with Gasteiger partial charge in [-0.2, -0.15) is 0 Å². The SMILES string of the molecule is Cc1c(CN2CCCC(C)C2)c(=O)n(-c2ccccc2)n1C.[Cl-]. The molecule has 0 saturated carbocycles. The molecule has 23 heavy (non-hydrogen) atoms. The Morgan fingerprint density at radius 2 is 1.91 bits per heavy atom. The highest BCUT2D eigenvalue weighted by Gasteiger charge is 2.21. The van der Waals surface area contributed by atoms with Gasteiger partial charge >= 0.3 is 0 Å². The molecule has 1 unspecified atom stereocenters. The summed E-state index contributed by atoms with van der Waals surface area (Å²) >= 11 is 0. The van der Waals surface area contributed by atoms with E-state index < -0.39 is 0 Å². The summed E-state index contributed by atoms with van der Waals surface area (Å²) < 4.78 is 3.75. The summed E-state index contributed by atoms with van der Waals surface area (Å²) in [5, 5.41) is 0. The van der Waals surface area contributed by atoms with Crippen molar-refractivity contribution in [2.75, 3.05) is 13.1 Å². The molecule has 4 nitrogen and oxygen atoms in total. The topological polar surface area (TPSA) is 30.2 Å². The van der Waals surface area contributed by atoms with E-state index in [1.807, 2.05) is 49.0 Å². The quantitative estimate of drug-likeness (QED) is 0.773. The number of para-hydroxylation sites is 1. The van der Waals surface area contributed by atoms with E-state index in [2.05, 4.69) is 11.8 Å². The minimum atomic E-state index is 0. The lowest BCUT2D eigenvalue weighted by Crippen LogP contribution is -3.00. The molecule has 5 heteroatoms. The fourth-order valence-electron chi connectivity index (χ4n) is 3.46. The van der Waals surface area contributed by atoms with Crippen LogP contribution in [-0.4, -0.2) is 27.4 Å². The van der Waals surface area contributed by atoms with E-state index in [0.717, 1.165) is 42.5 Å². The Hall–Kier alpha value is -1.52. The Balaban J connectivity index is 0.00000192. The predicted octanol–water partition coefficient (Wildman–Crippen LogP) is -0.280. The molecule has 1 aliphatic rings. The van der Waals surface area contributed by atoms with Gasteiger partial charge in [-0.05, 0) is 44.4 Å². The van der Waals surface area contributed by atoms with E-state index in [-0.39, 0.29) is 18.0 Å². The molecule has 1 aromatic carbocycles. The van der Waals surface area contributed by atoms with Gasteiger partial charge in [0, 0.05) is 25.8 Å². The van der Waals surface area contributed by atoms with Gasteiger partial charge in [0.1, 0.15) is 0 Å². The van der Waals surface area contributed by atoms with Crippen LogP contribution in [0.3, 0.4) is 0 Å². The number of aromatic nitrogens is 2. The summed E-state index contributed by atoms with van der Waals surface area (Å²) in [4.78, 5) is 15.3. The Labute approximate surface area is 144 Å². The van der Waals surface area contributed by atoms with Gasteiger partial charge in [0.05, 0.1) is 11.3 Å². The van der Waals surface area contributed by atoms with Crippen molar-refractivity contribution in [2.45, 2.75) is 33.2 Å². The first-order valence-corrected chi connectivity index (χ1v) is 8.13. The van der Waals surface area contributed by atoms with E-state index in [4.69, 9.17) is 0 Å². The lowest BCUT2D eigenvalue weighted by molar-refractivity contribution is -0.00000488. The molecular formula is C18H25ClN3O-. The fourth-order valence-corrected chi connectivity index (χ4v) is 3.46. The number of piperidine rings is 1. The van der Waals surface area contributed by atoms with Crippen LogP contribution >= 0.6 is 0 Å². The predicted molar refractivity (Wildman–Crippen MR) is 89.4 cm³/mol. The van der Waals surface area contributed by atoms with Gasteiger partial charge in [-0.25, -0.2) is 4.68 Å². The summed E-state index contributed by atoms with van der Waals surface area (Å²) in [6.45, 7) is 7.31. The molecule has 2 aromatic rings. The molecule has 0 aliphatic carbocycles. The van der Waals surface area contributed by atoms with Gasteiger partial charge < -0.3 is 12.4 Å². The van der Waals surface area contributed by atoms with Gasteiger partial charge in [0.15, 0.2) is 0 Å². The van der Waals surface area contributed by atoms with E-state index in [1.54, 1.807) is 4.68 Å². The maximum Gasteiger partial charge on any atom is 0.276 e. The second-order valence-electron chi connectivity index (χ2n) is 6.52. The van der Waals surface area contributed by atoms with Crippen LogP contribution in [0.5, 0.6) is 0 Å². The van der Waals surface area contributed by atoms with Crippen molar-refractivity contribution >= 4 is 0 Å². The molecule has 126 valence electrons. The van der Waals surface area contributed by atoms with Crippen molar-refractivity contribution in [3.63, 3.8) is 0 Å². The summed E-state index contributed by atoms with van der Waals surface area (Å²) in [5.41, 5.74) is 3.04. The van der Waals surface area contributed by atoms with E-state index in [9.17, 15) is 4.79 Å². The summed E-state index contributed by atoms with van der Waals surface area (Å²) in [5.74, 6) is 0.731. The average Bonchev–Trinajstić information content (AvgIpc) is 2.72. The van der Waals surface area contributed by atoms with Gasteiger partial charge in [0.2, 0.25) is 0 Å². The summed E-state index contributed by atoms with van der Waals surface area (Å²) in [7, 11) is 1.96. The molecule has 0 amide bonds. The van der Waals surface area contributed by atoms with Crippen LogP contribution in [-0.2, 0) is 13.6 Å². The van der Waals surface area contributed by atoms with Crippen molar-refractivity contribution in [1.82, 2.24) is 14.3 Å². The molecular weight excluding hydrogens is 310 g/mol. The lowest BCUT2D eigenvalue weighted by Gasteiger charge is -2.30. The van der Waals surface area contributed by atoms with Crippen molar-refractivity contribution in [3.05, 3.63) is 51.9 Å². The average molecular weight is 335 g/mol. The molecule has 0 radical (unpaired) electrons. The second kappa shape index (κ2) is 7.37. The molecule has 0 bridgehead atoms. The zero-order valence-corrected chi connectivity index (χ0v) is 14.9. The Morgan fingerprint density at radius 1 is 1.22 bits per heavy atom. The van der Waals surface area contributed by atoms with E-state index >= 15 is 0 Å². The molecule has 2 heterocycles. The van der Waals surface area contributed by atoms with Crippen molar-refractivity contribution < 1.29 is 12.4 Å². The number of halogens is 1. The first-order valence-electron chi connectivity index (χ1n) is 8.13. The molecule has 3 rings (SSSR count). The van der Waals surface area contributed by atoms with Crippen LogP contribution < -0.4 is 18.0 Å². The van der Waals surface area contributed by atoms with Crippen LogP contribution in [0.25, 0.3) is 5.69 Å². The Kier molecular flexibility index (Phi) is 5.71. The van der Waals surface area contributed by atoms with Crippen LogP contribution in [0.1, 0.15) is 31.0 Å². The maximum absolute atomic E-state index is 12.9. The van der Waals surface area contributed by atoms with E-state index in [1.165, 1.54) is 12.8 Å². The van der Waals surface area contributed by atoms with Gasteiger partial charge in [-0.1, -0.05) is 25.1 Å². The highest BCUT2D eigenvalue weighted by molar-refractivity contribution is 5.33. The molecule has 1 aliphatic heterocycles. The number of hydrogen-bond donors (Lipinski definition) is 0. The summed E-state index contributed by atoms with van der Waals surface area (Å²) in [6, 6.07) is 9.87. The fraction of sp³-hybridized carbons (Fsp3) is 0.500. The van der Waals surface area contributed by atoms with Crippen LogP contribution in [0, 0.1) is 12.8 Å². The van der Waals surface area contributed by atoms with Crippen LogP contribution in [0.15, 0.2) is 35.1 Å². The molecule has 1 aromatic heterocycles. The third kappa shape index (κ3) is 3.54. The maximum atomic E-state index is 12.9. The van der Waals surface area contributed by atoms with Crippen molar-refractivity contribution in [2.24, 2.45) is 13.0 Å². The smallest absolute Gasteiger partial charge is 0.276 e. The van der Waals surface area contributed by atoms with Crippen LogP contribution in [0.4, 0.5) is 0 Å². The summed E-state index contributed by atoms with van der Waals surface area (Å²) in [6.07, 6.45) is 2.54. The molecule has 1 atom stereocenters. The third-order valence-corrected chi connectivity index (χ3v) is 4.80. The normalized spacial score (nSPS) is 18.7. The molecule has 1 saturated heterocycles. The Morgan fingerprint density at radius 3 is 2.57 bits per heavy atom. The lowest BCUT2D eigenvalue weighted by atomic mass is 10.00. The number of likely N-dealkylation sites (tertiary alicyclic amines) is 1. The molecule has 0 N–H and O–H groups in total. The van der Waals surface area contributed by atoms with E-state index in [0.29, 0.717) is 0 Å². The zero-order chi connectivity index (χ0) is 15.7. The third-order valence-electron chi connectivity index (χ3n) is 4.80. The minimum absolute atomic E-state index is 0. The second-order valence-corrected chi connectivity index (χ2v) is 6.52. The van der Waals surface area contributed by atoms with Crippen molar-refractivity contribution in [1.29, 1.82) is 0 Å². The number of benzene rings is 1. The minimum Gasteiger partial charge on any atom is -1.00 e. The molecule has 0 spiro atoms. The molecule has 1 fully saturated rings. The highest BCUT2D eigenvalue weighted by Crippen LogP contribution is 2.18. The zero-order valence-electron chi connectivity index (χ0n) is 14.1. The monoisotopic (exact) mass is 334 g/mol. The number of rotatable bonds is 3. The standard InChI is InChI=1S/C18H25N3O.ClH/c1-14-8-7-11-20(12-14)13-17-15(2)19(3)21(18(17)22)16-9-5-4-6-10-16;/h4-6,9-10,14H,7-8,11-13H2,1-3H3;1H/p-1. The van der Waals surface area contributed by atoms with Crippen molar-refractivity contribution in [3.8, 4) is 5.69 Å². The number of hydrogen-bond acceptors (Lipinski definition) is 2. The highest BCUT2D eigenvalue weighted by atomic mass is 35.5. The Bertz CT molecular complexity index is 705. The first-order chi connectivity index (χ1) is 10.6. The number of nitrogens with zero attached hydrogens (tertiary/aromatic N) is 3. The largest absolute Gasteiger partial charge is 1.00 e. The van der Waals surface area contributed by atoms with Gasteiger partial charge in [-0.3, -0.25) is 14.4 Å².